The molecule has 0 saturated carbocycles. The first kappa shape index (κ1) is 21.2. The zero-order valence-electron chi connectivity index (χ0n) is 17.6. The second-order valence-electron chi connectivity index (χ2n) is 8.44. The van der Waals surface area contributed by atoms with Gasteiger partial charge in [-0.25, -0.2) is 9.97 Å². The first-order valence-corrected chi connectivity index (χ1v) is 10.9. The summed E-state index contributed by atoms with van der Waals surface area (Å²) in [6.07, 6.45) is 6.75. The van der Waals surface area contributed by atoms with E-state index in [1.165, 1.54) is 6.07 Å². The van der Waals surface area contributed by atoms with Gasteiger partial charge in [-0.2, -0.15) is 0 Å². The van der Waals surface area contributed by atoms with Crippen LogP contribution in [-0.4, -0.2) is 62.5 Å². The number of H-pyrrole nitrogens is 1. The van der Waals surface area contributed by atoms with Crippen molar-refractivity contribution in [2.24, 2.45) is 11.8 Å². The Morgan fingerprint density at radius 1 is 1.06 bits per heavy atom. The number of nitrogen functional groups attached to an aromatic ring is 1. The summed E-state index contributed by atoms with van der Waals surface area (Å²) in [5, 5.41) is 8.42. The highest BCUT2D eigenvalue weighted by Crippen LogP contribution is 2.26. The van der Waals surface area contributed by atoms with Crippen LogP contribution in [0.4, 0.5) is 5.95 Å². The van der Waals surface area contributed by atoms with E-state index in [2.05, 4.69) is 19.9 Å². The lowest BCUT2D eigenvalue weighted by atomic mass is 9.88. The number of aromatic nitrogens is 3. The van der Waals surface area contributed by atoms with Crippen LogP contribution in [0, 0.1) is 17.2 Å². The standard InChI is InChI=1S/C22H29N7O2/c23-20(18-2-1-3-19(30)27-18)16-6-10-29(11-7-16)21(31)17-4-8-28(9-5-17)14-15-12-25-22(24)26-13-15/h1-3,12-13,16-17,23H,4-11,14H2,(H,27,30)(H2,24,25,26). The van der Waals surface area contributed by atoms with E-state index in [9.17, 15) is 9.59 Å². The Labute approximate surface area is 181 Å². The van der Waals surface area contributed by atoms with Gasteiger partial charge in [0.25, 0.3) is 0 Å². The fraction of sp³-hybridized carbons (Fsp3) is 0.500. The number of pyridine rings is 1. The molecule has 9 heteroatoms. The lowest BCUT2D eigenvalue weighted by Crippen LogP contribution is -2.46. The summed E-state index contributed by atoms with van der Waals surface area (Å²) < 4.78 is 0. The molecule has 0 radical (unpaired) electrons. The number of carbonyl (C=O) groups excluding carboxylic acids is 1. The number of aromatic amines is 1. The molecule has 4 rings (SSSR count). The molecule has 4 heterocycles. The highest BCUT2D eigenvalue weighted by atomic mass is 16.2. The molecule has 9 nitrogen and oxygen atoms in total. The Morgan fingerprint density at radius 2 is 1.71 bits per heavy atom. The van der Waals surface area contributed by atoms with Gasteiger partial charge in [-0.05, 0) is 44.8 Å². The zero-order valence-corrected chi connectivity index (χ0v) is 17.6. The van der Waals surface area contributed by atoms with Crippen molar-refractivity contribution in [3.8, 4) is 0 Å². The summed E-state index contributed by atoms with van der Waals surface area (Å²) >= 11 is 0. The van der Waals surface area contributed by atoms with Crippen molar-refractivity contribution in [3.63, 3.8) is 0 Å². The van der Waals surface area contributed by atoms with E-state index in [0.29, 0.717) is 24.5 Å². The number of piperidine rings is 2. The van der Waals surface area contributed by atoms with Gasteiger partial charge in [-0.1, -0.05) is 6.07 Å². The van der Waals surface area contributed by atoms with Gasteiger partial charge in [0.2, 0.25) is 17.4 Å². The lowest BCUT2D eigenvalue weighted by Gasteiger charge is -2.37. The first-order valence-electron chi connectivity index (χ1n) is 10.9. The number of rotatable bonds is 5. The molecular weight excluding hydrogens is 394 g/mol. The third kappa shape index (κ3) is 5.16. The Morgan fingerprint density at radius 3 is 2.35 bits per heavy atom. The van der Waals surface area contributed by atoms with Crippen LogP contribution in [0.3, 0.4) is 0 Å². The SMILES string of the molecule is N=C(c1cccc(=O)[nH]1)C1CCN(C(=O)C2CCN(Cc3cnc(N)nc3)CC2)CC1. The number of nitrogens with zero attached hydrogens (tertiary/aromatic N) is 4. The van der Waals surface area contributed by atoms with E-state index in [4.69, 9.17) is 11.1 Å². The number of anilines is 1. The second kappa shape index (κ2) is 9.38. The van der Waals surface area contributed by atoms with Crippen LogP contribution in [0.5, 0.6) is 0 Å². The number of hydrogen-bond acceptors (Lipinski definition) is 7. The fourth-order valence-corrected chi connectivity index (χ4v) is 4.51. The molecule has 2 aliphatic rings. The van der Waals surface area contributed by atoms with Gasteiger partial charge in [0.05, 0.1) is 11.4 Å². The van der Waals surface area contributed by atoms with Crippen molar-refractivity contribution in [2.75, 3.05) is 31.9 Å². The minimum atomic E-state index is -0.190. The summed E-state index contributed by atoms with van der Waals surface area (Å²) in [5.41, 5.74) is 7.42. The predicted molar refractivity (Wildman–Crippen MR) is 118 cm³/mol. The maximum Gasteiger partial charge on any atom is 0.248 e. The van der Waals surface area contributed by atoms with Crippen LogP contribution >= 0.6 is 0 Å². The molecule has 31 heavy (non-hydrogen) atoms. The monoisotopic (exact) mass is 423 g/mol. The Balaban J connectivity index is 1.24. The van der Waals surface area contributed by atoms with Crippen molar-refractivity contribution in [2.45, 2.75) is 32.2 Å². The second-order valence-corrected chi connectivity index (χ2v) is 8.44. The van der Waals surface area contributed by atoms with Gasteiger partial charge in [-0.15, -0.1) is 0 Å². The van der Waals surface area contributed by atoms with E-state index in [1.807, 2.05) is 4.90 Å². The molecule has 2 fully saturated rings. The molecule has 0 aliphatic carbocycles. The molecular formula is C22H29N7O2. The lowest BCUT2D eigenvalue weighted by molar-refractivity contribution is -0.138. The van der Waals surface area contributed by atoms with Crippen LogP contribution in [0.25, 0.3) is 0 Å². The summed E-state index contributed by atoms with van der Waals surface area (Å²) in [6.45, 7) is 3.88. The van der Waals surface area contributed by atoms with Crippen LogP contribution in [0.2, 0.25) is 0 Å². The highest BCUT2D eigenvalue weighted by molar-refractivity contribution is 5.98. The molecule has 0 unspecified atom stereocenters. The number of likely N-dealkylation sites (tertiary alicyclic amines) is 2. The van der Waals surface area contributed by atoms with Gasteiger partial charge in [0.15, 0.2) is 0 Å². The van der Waals surface area contributed by atoms with Crippen molar-refractivity contribution in [1.29, 1.82) is 5.41 Å². The van der Waals surface area contributed by atoms with Crippen molar-refractivity contribution >= 4 is 17.6 Å². The summed E-state index contributed by atoms with van der Waals surface area (Å²) in [4.78, 5) is 39.6. The van der Waals surface area contributed by atoms with E-state index in [1.54, 1.807) is 24.5 Å². The van der Waals surface area contributed by atoms with Crippen LogP contribution < -0.4 is 11.3 Å². The highest BCUT2D eigenvalue weighted by Gasteiger charge is 2.32. The zero-order chi connectivity index (χ0) is 21.8. The van der Waals surface area contributed by atoms with Crippen LogP contribution in [0.15, 0.2) is 35.4 Å². The molecule has 0 aromatic carbocycles. The van der Waals surface area contributed by atoms with Gasteiger partial charge in [-0.3, -0.25) is 14.5 Å². The average Bonchev–Trinajstić information content (AvgIpc) is 2.80. The van der Waals surface area contributed by atoms with Crippen molar-refractivity contribution in [1.82, 2.24) is 24.8 Å². The molecule has 0 spiro atoms. The Hall–Kier alpha value is -3.07. The number of nitrogens with one attached hydrogen (secondary N) is 2. The maximum atomic E-state index is 13.0. The van der Waals surface area contributed by atoms with E-state index in [-0.39, 0.29) is 29.3 Å². The summed E-state index contributed by atoms with van der Waals surface area (Å²) in [7, 11) is 0. The molecule has 0 atom stereocenters. The maximum absolute atomic E-state index is 13.0. The average molecular weight is 424 g/mol. The number of nitrogens with two attached hydrogens (primary N) is 1. The first-order chi connectivity index (χ1) is 15.0. The van der Waals surface area contributed by atoms with E-state index >= 15 is 0 Å². The molecule has 4 N–H and O–H groups in total. The predicted octanol–water partition coefficient (Wildman–Crippen LogP) is 1.27. The Bertz CT molecular complexity index is 972. The number of carbonyl (C=O) groups is 1. The smallest absolute Gasteiger partial charge is 0.248 e. The minimum absolute atomic E-state index is 0.0698. The molecule has 164 valence electrons. The molecule has 2 aromatic rings. The van der Waals surface area contributed by atoms with Gasteiger partial charge < -0.3 is 21.0 Å². The largest absolute Gasteiger partial charge is 0.368 e. The van der Waals surface area contributed by atoms with Crippen LogP contribution in [0.1, 0.15) is 36.9 Å². The van der Waals surface area contributed by atoms with Gasteiger partial charge in [0.1, 0.15) is 0 Å². The molecule has 2 aromatic heterocycles. The van der Waals surface area contributed by atoms with Gasteiger partial charge >= 0.3 is 0 Å². The van der Waals surface area contributed by atoms with Crippen LogP contribution in [-0.2, 0) is 11.3 Å². The number of amides is 1. The van der Waals surface area contributed by atoms with E-state index < -0.39 is 0 Å². The molecule has 1 amide bonds. The molecule has 2 saturated heterocycles. The third-order valence-corrected chi connectivity index (χ3v) is 6.34. The fourth-order valence-electron chi connectivity index (χ4n) is 4.51. The third-order valence-electron chi connectivity index (χ3n) is 6.34. The summed E-state index contributed by atoms with van der Waals surface area (Å²) in [6, 6.07) is 4.90. The summed E-state index contributed by atoms with van der Waals surface area (Å²) in [5.74, 6) is 0.670. The quantitative estimate of drug-likeness (QED) is 0.621. The minimum Gasteiger partial charge on any atom is -0.368 e. The topological polar surface area (TPSA) is 132 Å². The normalized spacial score (nSPS) is 18.8. The molecule has 2 aliphatic heterocycles. The van der Waals surface area contributed by atoms with E-state index in [0.717, 1.165) is 50.9 Å². The van der Waals surface area contributed by atoms with Crippen molar-refractivity contribution in [3.05, 3.63) is 52.2 Å². The van der Waals surface area contributed by atoms with Gasteiger partial charge in [0, 0.05) is 55.5 Å². The van der Waals surface area contributed by atoms with Crippen molar-refractivity contribution < 1.29 is 4.79 Å². The Kier molecular flexibility index (Phi) is 6.41. The number of hydrogen-bond donors (Lipinski definition) is 3. The molecule has 0 bridgehead atoms.